The maximum Gasteiger partial charge on any atom is 0.229 e. The molecule has 0 saturated carbocycles. The first kappa shape index (κ1) is 20.0. The molecule has 0 bridgehead atoms. The maximum atomic E-state index is 12.8. The number of nitrogens with one attached hydrogen (secondary N) is 1. The van der Waals surface area contributed by atoms with Gasteiger partial charge in [-0.25, -0.2) is 4.98 Å². The van der Waals surface area contributed by atoms with Crippen LogP contribution in [0.5, 0.6) is 0 Å². The molecule has 1 aliphatic heterocycles. The number of pyridine rings is 1. The van der Waals surface area contributed by atoms with Crippen molar-refractivity contribution in [3.8, 4) is 11.3 Å². The number of fused-ring (bicyclic) bond motifs is 1. The van der Waals surface area contributed by atoms with Crippen LogP contribution < -0.4 is 10.2 Å². The largest absolute Gasteiger partial charge is 0.326 e. The van der Waals surface area contributed by atoms with E-state index in [2.05, 4.69) is 5.32 Å². The van der Waals surface area contributed by atoms with Gasteiger partial charge in [0.25, 0.3) is 0 Å². The Hall–Kier alpha value is -3.93. The number of hydrogen-bond donors (Lipinski definition) is 1. The van der Waals surface area contributed by atoms with Crippen LogP contribution in [-0.2, 0) is 9.59 Å². The number of amides is 2. The summed E-state index contributed by atoms with van der Waals surface area (Å²) < 4.78 is 2.01. The normalized spacial score (nSPS) is 16.0. The molecule has 1 N–H and O–H groups in total. The number of aromatic nitrogens is 2. The number of anilines is 2. The highest BCUT2D eigenvalue weighted by Crippen LogP contribution is 2.27. The highest BCUT2D eigenvalue weighted by atomic mass is 16.2. The Kier molecular flexibility index (Phi) is 4.98. The van der Waals surface area contributed by atoms with E-state index in [0.29, 0.717) is 12.2 Å². The summed E-state index contributed by atoms with van der Waals surface area (Å²) in [6.45, 7) is 4.44. The van der Waals surface area contributed by atoms with Crippen LogP contribution in [-0.4, -0.2) is 27.7 Å². The fourth-order valence-electron chi connectivity index (χ4n) is 4.12. The summed E-state index contributed by atoms with van der Waals surface area (Å²) in [4.78, 5) is 31.7. The monoisotopic (exact) mass is 424 g/mol. The molecule has 160 valence electrons. The van der Waals surface area contributed by atoms with E-state index in [-0.39, 0.29) is 24.2 Å². The van der Waals surface area contributed by atoms with Crippen molar-refractivity contribution in [3.05, 3.63) is 84.2 Å². The summed E-state index contributed by atoms with van der Waals surface area (Å²) >= 11 is 0. The van der Waals surface area contributed by atoms with Gasteiger partial charge in [0.2, 0.25) is 11.8 Å². The van der Waals surface area contributed by atoms with E-state index in [0.717, 1.165) is 33.7 Å². The van der Waals surface area contributed by atoms with Gasteiger partial charge in [0.05, 0.1) is 11.6 Å². The summed E-state index contributed by atoms with van der Waals surface area (Å²) in [6.07, 6.45) is 4.20. The molecule has 1 aliphatic rings. The smallest absolute Gasteiger partial charge is 0.229 e. The second-order valence-corrected chi connectivity index (χ2v) is 8.36. The quantitative estimate of drug-likeness (QED) is 0.520. The van der Waals surface area contributed by atoms with E-state index < -0.39 is 0 Å². The van der Waals surface area contributed by atoms with Gasteiger partial charge in [-0.2, -0.15) is 0 Å². The zero-order chi connectivity index (χ0) is 22.2. The lowest BCUT2D eigenvalue weighted by atomic mass is 10.1. The summed E-state index contributed by atoms with van der Waals surface area (Å²) in [7, 11) is 0. The van der Waals surface area contributed by atoms with Crippen molar-refractivity contribution >= 4 is 28.8 Å². The average Bonchev–Trinajstić information content (AvgIpc) is 3.40. The second-order valence-electron chi connectivity index (χ2n) is 8.36. The van der Waals surface area contributed by atoms with Crippen molar-refractivity contribution in [1.29, 1.82) is 0 Å². The average molecular weight is 425 g/mol. The predicted octanol–water partition coefficient (Wildman–Crippen LogP) is 4.61. The maximum absolute atomic E-state index is 12.8. The molecule has 1 saturated heterocycles. The molecular weight excluding hydrogens is 400 g/mol. The van der Waals surface area contributed by atoms with Gasteiger partial charge in [0.1, 0.15) is 5.65 Å². The first-order chi connectivity index (χ1) is 15.5. The molecule has 0 unspecified atom stereocenters. The zero-order valence-electron chi connectivity index (χ0n) is 18.1. The number of nitrogens with zero attached hydrogens (tertiary/aromatic N) is 3. The van der Waals surface area contributed by atoms with Crippen LogP contribution >= 0.6 is 0 Å². The predicted molar refractivity (Wildman–Crippen MR) is 126 cm³/mol. The molecule has 6 nitrogen and oxygen atoms in total. The van der Waals surface area contributed by atoms with Crippen molar-refractivity contribution in [3.63, 3.8) is 0 Å². The van der Waals surface area contributed by atoms with E-state index in [9.17, 15) is 9.59 Å². The van der Waals surface area contributed by atoms with Gasteiger partial charge in [0, 0.05) is 42.3 Å². The van der Waals surface area contributed by atoms with Crippen LogP contribution in [0.3, 0.4) is 0 Å². The molecule has 2 amide bonds. The Morgan fingerprint density at radius 2 is 1.78 bits per heavy atom. The molecule has 1 fully saturated rings. The standard InChI is InChI=1S/C26H24N4O2/c1-17-5-11-22(12-6-17)30-15-20(14-24(30)31)26(32)27-21-9-7-19(8-10-21)23-16-29-13-3-4-18(2)25(29)28-23/h3-13,16,20H,14-15H2,1-2H3,(H,27,32)/t20-/m0/s1. The molecule has 5 rings (SSSR count). The van der Waals surface area contributed by atoms with E-state index in [4.69, 9.17) is 4.98 Å². The summed E-state index contributed by atoms with van der Waals surface area (Å²) in [5, 5.41) is 2.96. The summed E-state index contributed by atoms with van der Waals surface area (Å²) in [5.74, 6) is -0.527. The Bertz CT molecular complexity index is 1310. The van der Waals surface area contributed by atoms with Crippen molar-refractivity contribution in [2.24, 2.45) is 5.92 Å². The lowest BCUT2D eigenvalue weighted by Gasteiger charge is -2.17. The fraction of sp³-hybridized carbons (Fsp3) is 0.192. The molecule has 2 aromatic heterocycles. The first-order valence-corrected chi connectivity index (χ1v) is 10.7. The third kappa shape index (κ3) is 3.75. The third-order valence-corrected chi connectivity index (χ3v) is 5.97. The van der Waals surface area contributed by atoms with E-state index in [1.165, 1.54) is 0 Å². The van der Waals surface area contributed by atoms with Crippen molar-refractivity contribution in [2.75, 3.05) is 16.8 Å². The number of rotatable bonds is 4. The van der Waals surface area contributed by atoms with Crippen LogP contribution in [0.4, 0.5) is 11.4 Å². The fourth-order valence-corrected chi connectivity index (χ4v) is 4.12. The number of imidazole rings is 1. The lowest BCUT2D eigenvalue weighted by Crippen LogP contribution is -2.28. The van der Waals surface area contributed by atoms with Gasteiger partial charge in [-0.05, 0) is 49.7 Å². The third-order valence-electron chi connectivity index (χ3n) is 5.97. The molecular formula is C26H24N4O2. The Morgan fingerprint density at radius 3 is 2.50 bits per heavy atom. The van der Waals surface area contributed by atoms with E-state index in [1.807, 2.05) is 91.3 Å². The van der Waals surface area contributed by atoms with Crippen LogP contribution in [0.25, 0.3) is 16.9 Å². The molecule has 2 aromatic carbocycles. The molecule has 0 aliphatic carbocycles. The Morgan fingerprint density at radius 1 is 1.03 bits per heavy atom. The molecule has 32 heavy (non-hydrogen) atoms. The number of carbonyl (C=O) groups is 2. The minimum Gasteiger partial charge on any atom is -0.326 e. The Balaban J connectivity index is 1.27. The summed E-state index contributed by atoms with van der Waals surface area (Å²) in [6, 6.07) is 19.5. The van der Waals surface area contributed by atoms with Gasteiger partial charge >= 0.3 is 0 Å². The van der Waals surface area contributed by atoms with Gasteiger partial charge in [-0.15, -0.1) is 0 Å². The molecule has 4 aromatic rings. The number of aryl methyl sites for hydroxylation is 2. The number of benzene rings is 2. The number of carbonyl (C=O) groups excluding carboxylic acids is 2. The molecule has 6 heteroatoms. The van der Waals surface area contributed by atoms with Gasteiger partial charge < -0.3 is 14.6 Å². The Labute approximate surface area is 186 Å². The van der Waals surface area contributed by atoms with E-state index >= 15 is 0 Å². The first-order valence-electron chi connectivity index (χ1n) is 10.7. The summed E-state index contributed by atoms with van der Waals surface area (Å²) in [5.41, 5.74) is 6.59. The second kappa shape index (κ2) is 7.96. The van der Waals surface area contributed by atoms with Gasteiger partial charge in [0.15, 0.2) is 0 Å². The van der Waals surface area contributed by atoms with Crippen molar-refractivity contribution in [1.82, 2.24) is 9.38 Å². The van der Waals surface area contributed by atoms with Crippen LogP contribution in [0.2, 0.25) is 0 Å². The molecule has 0 spiro atoms. The van der Waals surface area contributed by atoms with Crippen molar-refractivity contribution < 1.29 is 9.59 Å². The van der Waals surface area contributed by atoms with Crippen LogP contribution in [0, 0.1) is 19.8 Å². The number of hydrogen-bond acceptors (Lipinski definition) is 3. The SMILES string of the molecule is Cc1ccc(N2C[C@@H](C(=O)Nc3ccc(-c4cn5cccc(C)c5n4)cc3)CC2=O)cc1. The van der Waals surface area contributed by atoms with Gasteiger partial charge in [-0.3, -0.25) is 9.59 Å². The highest BCUT2D eigenvalue weighted by molar-refractivity contribution is 6.03. The molecule has 3 heterocycles. The lowest BCUT2D eigenvalue weighted by molar-refractivity contribution is -0.122. The molecule has 1 atom stereocenters. The van der Waals surface area contributed by atoms with E-state index in [1.54, 1.807) is 4.90 Å². The minimum absolute atomic E-state index is 0.0218. The highest BCUT2D eigenvalue weighted by Gasteiger charge is 2.35. The zero-order valence-corrected chi connectivity index (χ0v) is 18.1. The van der Waals surface area contributed by atoms with Crippen LogP contribution in [0.1, 0.15) is 17.5 Å². The van der Waals surface area contributed by atoms with Crippen molar-refractivity contribution in [2.45, 2.75) is 20.3 Å². The topological polar surface area (TPSA) is 66.7 Å². The van der Waals surface area contributed by atoms with Crippen LogP contribution in [0.15, 0.2) is 73.1 Å². The van der Waals surface area contributed by atoms with Gasteiger partial charge in [-0.1, -0.05) is 35.9 Å². The minimum atomic E-state index is -0.370. The molecule has 0 radical (unpaired) electrons.